The Morgan fingerprint density at radius 2 is 2.22 bits per heavy atom. The topological polar surface area (TPSA) is 152 Å². The van der Waals surface area contributed by atoms with E-state index in [-0.39, 0.29) is 29.5 Å². The molecule has 0 saturated carbocycles. The van der Waals surface area contributed by atoms with Crippen LogP contribution in [0.4, 0.5) is 0 Å². The van der Waals surface area contributed by atoms with Crippen LogP contribution in [0.3, 0.4) is 0 Å². The Kier molecular flexibility index (Phi) is 5.77. The molecule has 3 heterocycles. The van der Waals surface area contributed by atoms with Gasteiger partial charge in [-0.3, -0.25) is 14.5 Å². The molecule has 2 atom stereocenters. The number of carboxylic acids is 1. The fourth-order valence-corrected chi connectivity index (χ4v) is 5.12. The van der Waals surface area contributed by atoms with E-state index in [1.807, 2.05) is 0 Å². The largest absolute Gasteiger partial charge is 0.477 e. The van der Waals surface area contributed by atoms with Gasteiger partial charge in [0.15, 0.2) is 0 Å². The number of aromatic nitrogens is 3. The lowest BCUT2D eigenvalue weighted by molar-refractivity contribution is -0.147. The molecule has 146 valence electrons. The molecule has 0 aromatic carbocycles. The fraction of sp³-hybridized carbons (Fsp3) is 0.533. The highest BCUT2D eigenvalue weighted by Crippen LogP contribution is 2.40. The highest BCUT2D eigenvalue weighted by molar-refractivity contribution is 8.01. The summed E-state index contributed by atoms with van der Waals surface area (Å²) in [5.74, 6) is -1.19. The van der Waals surface area contributed by atoms with Gasteiger partial charge >= 0.3 is 11.9 Å². The van der Waals surface area contributed by atoms with Gasteiger partial charge in [0.2, 0.25) is 5.91 Å². The number of fused-ring (bicyclic) bond motifs is 1. The van der Waals surface area contributed by atoms with Gasteiger partial charge in [0, 0.05) is 11.5 Å². The maximum absolute atomic E-state index is 12.0. The average Bonchev–Trinajstić information content (AvgIpc) is 3.04. The van der Waals surface area contributed by atoms with Crippen molar-refractivity contribution < 1.29 is 24.2 Å². The molecule has 1 aromatic rings. The molecule has 0 spiro atoms. The zero-order valence-electron chi connectivity index (χ0n) is 14.7. The zero-order valence-corrected chi connectivity index (χ0v) is 16.3. The molecule has 1 fully saturated rings. The van der Waals surface area contributed by atoms with Gasteiger partial charge in [-0.15, -0.1) is 16.9 Å². The van der Waals surface area contributed by atoms with Gasteiger partial charge in [-0.2, -0.15) is 10.3 Å². The number of thioether (sulfide) groups is 2. The Labute approximate surface area is 163 Å². The van der Waals surface area contributed by atoms with Gasteiger partial charge < -0.3 is 15.6 Å². The lowest BCUT2D eigenvalue weighted by Crippen LogP contribution is -2.68. The summed E-state index contributed by atoms with van der Waals surface area (Å²) < 4.78 is 5.10. The van der Waals surface area contributed by atoms with Crippen LogP contribution >= 0.6 is 23.5 Å². The summed E-state index contributed by atoms with van der Waals surface area (Å²) in [7, 11) is 0. The van der Waals surface area contributed by atoms with E-state index in [2.05, 4.69) is 15.4 Å². The monoisotopic (exact) mass is 413 g/mol. The van der Waals surface area contributed by atoms with Crippen molar-refractivity contribution in [2.24, 2.45) is 5.73 Å². The van der Waals surface area contributed by atoms with Crippen LogP contribution in [0, 0.1) is 0 Å². The van der Waals surface area contributed by atoms with Crippen molar-refractivity contribution in [3.8, 4) is 0 Å². The van der Waals surface area contributed by atoms with Gasteiger partial charge in [0.25, 0.3) is 0 Å². The van der Waals surface area contributed by atoms with E-state index in [1.165, 1.54) is 28.4 Å². The van der Waals surface area contributed by atoms with E-state index in [0.29, 0.717) is 27.8 Å². The number of H-pyrrole nitrogens is 1. The van der Waals surface area contributed by atoms with Crippen LogP contribution in [0.25, 0.3) is 0 Å². The third kappa shape index (κ3) is 3.96. The van der Waals surface area contributed by atoms with E-state index in [4.69, 9.17) is 10.5 Å². The molecule has 1 unspecified atom stereocenters. The fourth-order valence-electron chi connectivity index (χ4n) is 2.76. The number of aliphatic carboxylic acids is 1. The Morgan fingerprint density at radius 1 is 1.48 bits per heavy atom. The first-order valence-corrected chi connectivity index (χ1v) is 10.2. The molecule has 1 aromatic heterocycles. The van der Waals surface area contributed by atoms with Crippen molar-refractivity contribution >= 4 is 41.4 Å². The van der Waals surface area contributed by atoms with Crippen molar-refractivity contribution in [1.82, 2.24) is 20.3 Å². The van der Waals surface area contributed by atoms with E-state index >= 15 is 0 Å². The van der Waals surface area contributed by atoms with Gasteiger partial charge in [0.05, 0.1) is 12.5 Å². The molecular weight excluding hydrogens is 394 g/mol. The number of aromatic amines is 1. The summed E-state index contributed by atoms with van der Waals surface area (Å²) in [5.41, 5.74) is 6.77. The van der Waals surface area contributed by atoms with Crippen molar-refractivity contribution in [1.29, 1.82) is 0 Å². The van der Waals surface area contributed by atoms with Crippen LogP contribution in [-0.4, -0.2) is 72.3 Å². The average molecular weight is 413 g/mol. The third-order valence-corrected chi connectivity index (χ3v) is 6.39. The predicted molar refractivity (Wildman–Crippen MR) is 97.8 cm³/mol. The van der Waals surface area contributed by atoms with E-state index in [9.17, 15) is 19.5 Å². The van der Waals surface area contributed by atoms with Crippen LogP contribution in [0.15, 0.2) is 16.3 Å². The minimum absolute atomic E-state index is 0.0118. The number of hydrogen-bond donors (Lipinski definition) is 3. The number of nitrogens with one attached hydrogen (secondary N) is 1. The SMILES string of the molecule is CC(C)OC(=O)Cc1n[nH]nc1SCC1=C(C(=O)O)N2C(=O)C(N)[C@@H]2SC1. The summed E-state index contributed by atoms with van der Waals surface area (Å²) >= 11 is 2.70. The lowest BCUT2D eigenvalue weighted by atomic mass is 10.0. The number of carbonyl (C=O) groups is 3. The number of β-lactam (4-membered cyclic amide) rings is 1. The third-order valence-electron chi connectivity index (χ3n) is 3.94. The molecule has 1 amide bonds. The summed E-state index contributed by atoms with van der Waals surface area (Å²) in [6, 6.07) is -0.660. The second kappa shape index (κ2) is 7.90. The van der Waals surface area contributed by atoms with Crippen LogP contribution in [0.5, 0.6) is 0 Å². The number of esters is 1. The first kappa shape index (κ1) is 19.7. The summed E-state index contributed by atoms with van der Waals surface area (Å²) in [6.45, 7) is 3.51. The van der Waals surface area contributed by atoms with E-state index in [0.717, 1.165) is 0 Å². The number of amides is 1. The van der Waals surface area contributed by atoms with Crippen molar-refractivity contribution in [2.75, 3.05) is 11.5 Å². The van der Waals surface area contributed by atoms with E-state index < -0.39 is 18.0 Å². The van der Waals surface area contributed by atoms with Crippen molar-refractivity contribution in [3.05, 3.63) is 17.0 Å². The van der Waals surface area contributed by atoms with E-state index in [1.54, 1.807) is 13.8 Å². The Bertz CT molecular complexity index is 808. The van der Waals surface area contributed by atoms with Gasteiger partial charge in [-0.05, 0) is 19.4 Å². The molecule has 12 heteroatoms. The number of nitrogens with zero attached hydrogens (tertiary/aromatic N) is 3. The standard InChI is InChI=1S/C15H19N5O5S2/c1-6(2)25-9(21)3-8-12(18-19-17-8)26-4-7-5-27-14-10(16)13(22)20(14)11(7)15(23)24/h6,10,14H,3-5,16H2,1-2H3,(H,23,24)(H,17,18,19)/t10?,14-/m0/s1. The van der Waals surface area contributed by atoms with Crippen molar-refractivity contribution in [3.63, 3.8) is 0 Å². The van der Waals surface area contributed by atoms with Crippen LogP contribution in [0.2, 0.25) is 0 Å². The van der Waals surface area contributed by atoms with Crippen LogP contribution < -0.4 is 5.73 Å². The molecule has 1 saturated heterocycles. The molecule has 2 aliphatic heterocycles. The normalized spacial score (nSPS) is 21.9. The number of hydrogen-bond acceptors (Lipinski definition) is 9. The van der Waals surface area contributed by atoms with Crippen LogP contribution in [0.1, 0.15) is 19.5 Å². The summed E-state index contributed by atoms with van der Waals surface area (Å²) in [4.78, 5) is 36.7. The maximum Gasteiger partial charge on any atom is 0.352 e. The Morgan fingerprint density at radius 3 is 2.89 bits per heavy atom. The molecule has 0 bridgehead atoms. The Balaban J connectivity index is 1.71. The van der Waals surface area contributed by atoms with Crippen molar-refractivity contribution in [2.45, 2.75) is 42.8 Å². The highest BCUT2D eigenvalue weighted by Gasteiger charge is 2.51. The number of carboxylic acid groups (broad SMARTS) is 1. The zero-order chi connectivity index (χ0) is 19.7. The molecule has 27 heavy (non-hydrogen) atoms. The molecule has 0 radical (unpaired) electrons. The summed E-state index contributed by atoms with van der Waals surface area (Å²) in [5, 5.41) is 20.2. The quantitative estimate of drug-likeness (QED) is 0.316. The number of carbonyl (C=O) groups excluding carboxylic acids is 2. The van der Waals surface area contributed by atoms with Gasteiger partial charge in [-0.1, -0.05) is 11.8 Å². The lowest BCUT2D eigenvalue weighted by Gasteiger charge is -2.48. The van der Waals surface area contributed by atoms with Crippen LogP contribution in [-0.2, 0) is 25.5 Å². The second-order valence-corrected chi connectivity index (χ2v) is 8.34. The van der Waals surface area contributed by atoms with Gasteiger partial charge in [0.1, 0.15) is 27.8 Å². The maximum atomic E-state index is 12.0. The number of ether oxygens (including phenoxy) is 1. The smallest absolute Gasteiger partial charge is 0.352 e. The molecule has 0 aliphatic carbocycles. The summed E-state index contributed by atoms with van der Waals surface area (Å²) in [6.07, 6.45) is -0.255. The molecule has 3 rings (SSSR count). The molecule has 2 aliphatic rings. The van der Waals surface area contributed by atoms with Gasteiger partial charge in [-0.25, -0.2) is 4.79 Å². The Hall–Kier alpha value is -2.05. The number of nitrogens with two attached hydrogens (primary N) is 1. The second-order valence-electron chi connectivity index (χ2n) is 6.27. The first-order chi connectivity index (χ1) is 12.8. The minimum atomic E-state index is -1.16. The highest BCUT2D eigenvalue weighted by atomic mass is 32.2. The first-order valence-electron chi connectivity index (χ1n) is 8.17. The predicted octanol–water partition coefficient (Wildman–Crippen LogP) is -0.0280. The molecule has 10 nitrogen and oxygen atoms in total. The number of rotatable bonds is 7. The molecule has 4 N–H and O–H groups in total. The minimum Gasteiger partial charge on any atom is -0.477 e. The molecular formula is C15H19N5O5S2.